The maximum absolute atomic E-state index is 5.30. The summed E-state index contributed by atoms with van der Waals surface area (Å²) >= 11 is 0. The van der Waals surface area contributed by atoms with Gasteiger partial charge in [0.25, 0.3) is 0 Å². The molecule has 0 aromatic heterocycles. The Balaban J connectivity index is 1.81. The topological polar surface area (TPSA) is 48.9 Å². The van der Waals surface area contributed by atoms with Gasteiger partial charge in [0.15, 0.2) is 5.96 Å². The fourth-order valence-electron chi connectivity index (χ4n) is 2.89. The Bertz CT molecular complexity index is 344. The molecule has 2 saturated heterocycles. The Morgan fingerprint density at radius 1 is 1.33 bits per heavy atom. The van der Waals surface area contributed by atoms with E-state index in [1.54, 1.807) is 0 Å². The highest BCUT2D eigenvalue weighted by molar-refractivity contribution is 5.80. The Morgan fingerprint density at radius 2 is 2.00 bits per heavy atom. The molecule has 2 fully saturated rings. The second-order valence-electron chi connectivity index (χ2n) is 7.05. The van der Waals surface area contributed by atoms with Gasteiger partial charge >= 0.3 is 0 Å². The molecule has 21 heavy (non-hydrogen) atoms. The summed E-state index contributed by atoms with van der Waals surface area (Å²) in [5.74, 6) is 0.966. The van der Waals surface area contributed by atoms with Crippen molar-refractivity contribution in [1.29, 1.82) is 0 Å². The predicted octanol–water partition coefficient (Wildman–Crippen LogP) is 1.45. The lowest BCUT2D eigenvalue weighted by atomic mass is 9.89. The number of likely N-dealkylation sites (tertiary alicyclic amines) is 1. The van der Waals surface area contributed by atoms with Crippen molar-refractivity contribution in [2.75, 3.05) is 39.4 Å². The molecule has 122 valence electrons. The number of hydrogen-bond acceptors (Lipinski definition) is 3. The van der Waals surface area contributed by atoms with Crippen LogP contribution in [0, 0.1) is 5.41 Å². The fourth-order valence-corrected chi connectivity index (χ4v) is 2.89. The molecular formula is C16H32N4O. The van der Waals surface area contributed by atoms with Crippen molar-refractivity contribution in [3.05, 3.63) is 0 Å². The monoisotopic (exact) mass is 296 g/mol. The van der Waals surface area contributed by atoms with Gasteiger partial charge in [0.1, 0.15) is 0 Å². The van der Waals surface area contributed by atoms with Gasteiger partial charge in [-0.2, -0.15) is 0 Å². The van der Waals surface area contributed by atoms with Crippen LogP contribution >= 0.6 is 0 Å². The molecule has 0 radical (unpaired) electrons. The second kappa shape index (κ2) is 7.45. The largest absolute Gasteiger partial charge is 0.380 e. The van der Waals surface area contributed by atoms with Gasteiger partial charge < -0.3 is 20.3 Å². The Hall–Kier alpha value is -0.810. The molecule has 5 heteroatoms. The molecule has 0 saturated carbocycles. The van der Waals surface area contributed by atoms with Gasteiger partial charge in [0.2, 0.25) is 0 Å². The smallest absolute Gasteiger partial charge is 0.191 e. The zero-order valence-corrected chi connectivity index (χ0v) is 14.1. The van der Waals surface area contributed by atoms with Crippen molar-refractivity contribution >= 4 is 5.96 Å². The van der Waals surface area contributed by atoms with Gasteiger partial charge in [0.05, 0.1) is 19.8 Å². The molecule has 5 nitrogen and oxygen atoms in total. The van der Waals surface area contributed by atoms with Crippen LogP contribution in [0.2, 0.25) is 0 Å². The van der Waals surface area contributed by atoms with Crippen molar-refractivity contribution in [2.24, 2.45) is 10.4 Å². The first-order valence-electron chi connectivity index (χ1n) is 8.39. The Kier molecular flexibility index (Phi) is 5.88. The first-order chi connectivity index (χ1) is 10.0. The van der Waals surface area contributed by atoms with Crippen LogP contribution in [0.5, 0.6) is 0 Å². The van der Waals surface area contributed by atoms with E-state index in [9.17, 15) is 0 Å². The highest BCUT2D eigenvalue weighted by Gasteiger charge is 2.33. The zero-order chi connectivity index (χ0) is 15.3. The van der Waals surface area contributed by atoms with Crippen LogP contribution in [-0.4, -0.2) is 62.3 Å². The van der Waals surface area contributed by atoms with Crippen molar-refractivity contribution in [3.63, 3.8) is 0 Å². The van der Waals surface area contributed by atoms with Crippen LogP contribution in [0.3, 0.4) is 0 Å². The molecule has 0 aliphatic carbocycles. The van der Waals surface area contributed by atoms with Gasteiger partial charge in [-0.05, 0) is 33.6 Å². The third-order valence-corrected chi connectivity index (χ3v) is 4.46. The molecule has 2 aliphatic heterocycles. The summed E-state index contributed by atoms with van der Waals surface area (Å²) in [4.78, 5) is 7.31. The van der Waals surface area contributed by atoms with Crippen molar-refractivity contribution in [1.82, 2.24) is 15.5 Å². The molecule has 0 amide bonds. The van der Waals surface area contributed by atoms with Crippen LogP contribution in [0.25, 0.3) is 0 Å². The number of nitrogens with zero attached hydrogens (tertiary/aromatic N) is 2. The minimum Gasteiger partial charge on any atom is -0.380 e. The zero-order valence-electron chi connectivity index (χ0n) is 14.1. The van der Waals surface area contributed by atoms with Gasteiger partial charge in [0, 0.05) is 37.1 Å². The fraction of sp³-hybridized carbons (Fsp3) is 0.938. The van der Waals surface area contributed by atoms with E-state index < -0.39 is 0 Å². The quantitative estimate of drug-likeness (QED) is 0.595. The van der Waals surface area contributed by atoms with E-state index in [2.05, 4.69) is 43.2 Å². The van der Waals surface area contributed by atoms with Crippen LogP contribution in [-0.2, 0) is 4.74 Å². The number of nitrogens with one attached hydrogen (secondary N) is 2. The van der Waals surface area contributed by atoms with Gasteiger partial charge in [-0.1, -0.05) is 6.92 Å². The molecule has 2 N–H and O–H groups in total. The van der Waals surface area contributed by atoms with E-state index in [0.717, 1.165) is 32.3 Å². The molecule has 0 aromatic carbocycles. The van der Waals surface area contributed by atoms with E-state index in [1.807, 2.05) is 0 Å². The first kappa shape index (κ1) is 16.6. The molecule has 2 aliphatic rings. The Morgan fingerprint density at radius 3 is 2.48 bits per heavy atom. The molecule has 0 bridgehead atoms. The number of hydrogen-bond donors (Lipinski definition) is 2. The highest BCUT2D eigenvalue weighted by atomic mass is 16.5. The number of piperidine rings is 1. The summed E-state index contributed by atoms with van der Waals surface area (Å²) in [5, 5.41) is 6.98. The minimum absolute atomic E-state index is 0.239. The van der Waals surface area contributed by atoms with E-state index in [0.29, 0.717) is 12.1 Å². The second-order valence-corrected chi connectivity index (χ2v) is 7.05. The predicted molar refractivity (Wildman–Crippen MR) is 87.8 cm³/mol. The molecule has 0 spiro atoms. The number of aliphatic imine (C=N–C) groups is 1. The summed E-state index contributed by atoms with van der Waals surface area (Å²) in [5.41, 5.74) is 0.239. The number of ether oxygens (including phenoxy) is 1. The van der Waals surface area contributed by atoms with Crippen molar-refractivity contribution < 1.29 is 4.74 Å². The van der Waals surface area contributed by atoms with Crippen molar-refractivity contribution in [2.45, 2.75) is 52.6 Å². The van der Waals surface area contributed by atoms with E-state index in [-0.39, 0.29) is 5.41 Å². The summed E-state index contributed by atoms with van der Waals surface area (Å²) in [6.07, 6.45) is 2.39. The van der Waals surface area contributed by atoms with Gasteiger partial charge in [-0.25, -0.2) is 0 Å². The summed E-state index contributed by atoms with van der Waals surface area (Å²) < 4.78 is 5.30. The van der Waals surface area contributed by atoms with E-state index >= 15 is 0 Å². The third kappa shape index (κ3) is 4.85. The standard InChI is InChI=1S/C16H32N4O/c1-5-17-15(18-10-16(4)11-21-12-16)19-14-6-8-20(9-7-14)13(2)3/h13-14H,5-12H2,1-4H3,(H2,17,18,19). The summed E-state index contributed by atoms with van der Waals surface area (Å²) in [7, 11) is 0. The molecule has 0 atom stereocenters. The van der Waals surface area contributed by atoms with E-state index in [1.165, 1.54) is 25.9 Å². The van der Waals surface area contributed by atoms with Gasteiger partial charge in [-0.3, -0.25) is 4.99 Å². The third-order valence-electron chi connectivity index (χ3n) is 4.46. The lowest BCUT2D eigenvalue weighted by Gasteiger charge is -2.37. The lowest BCUT2D eigenvalue weighted by molar-refractivity contribution is -0.0945. The van der Waals surface area contributed by atoms with Crippen LogP contribution < -0.4 is 10.6 Å². The molecular weight excluding hydrogens is 264 g/mol. The number of rotatable bonds is 5. The Labute approximate surface area is 129 Å². The SMILES string of the molecule is CCNC(=NCC1(C)COC1)NC1CCN(C(C)C)CC1. The first-order valence-corrected chi connectivity index (χ1v) is 8.39. The summed E-state index contributed by atoms with van der Waals surface area (Å²) in [6, 6.07) is 1.20. The number of guanidine groups is 1. The highest BCUT2D eigenvalue weighted by Crippen LogP contribution is 2.26. The average Bonchev–Trinajstić information content (AvgIpc) is 2.43. The minimum atomic E-state index is 0.239. The van der Waals surface area contributed by atoms with Crippen molar-refractivity contribution in [3.8, 4) is 0 Å². The maximum Gasteiger partial charge on any atom is 0.191 e. The normalized spacial score (nSPS) is 24.0. The lowest BCUT2D eigenvalue weighted by Crippen LogP contribution is -2.50. The van der Waals surface area contributed by atoms with Crippen LogP contribution in [0.4, 0.5) is 0 Å². The molecule has 0 aromatic rings. The molecule has 2 rings (SSSR count). The summed E-state index contributed by atoms with van der Waals surface area (Å²) in [6.45, 7) is 14.7. The van der Waals surface area contributed by atoms with Crippen LogP contribution in [0.15, 0.2) is 4.99 Å². The van der Waals surface area contributed by atoms with Crippen LogP contribution in [0.1, 0.15) is 40.5 Å². The average molecular weight is 296 g/mol. The maximum atomic E-state index is 5.30. The molecule has 2 heterocycles. The van der Waals surface area contributed by atoms with Gasteiger partial charge in [-0.15, -0.1) is 0 Å². The van der Waals surface area contributed by atoms with E-state index in [4.69, 9.17) is 9.73 Å². The molecule has 0 unspecified atom stereocenters.